The molecular weight excluding hydrogens is 479 g/mol. The lowest BCUT2D eigenvalue weighted by Crippen LogP contribution is -2.20. The molecule has 0 amide bonds. The number of thiocarbonyl (C=S) groups is 1. The zero-order valence-corrected chi connectivity index (χ0v) is 17.8. The number of hydrogen-bond donors (Lipinski definition) is 2. The van der Waals surface area contributed by atoms with Gasteiger partial charge in [0.2, 0.25) is 0 Å². The van der Waals surface area contributed by atoms with Crippen molar-refractivity contribution in [1.82, 2.24) is 9.78 Å². The molecule has 134 valence electrons. The molecule has 0 aliphatic rings. The van der Waals surface area contributed by atoms with Crippen LogP contribution in [0.1, 0.15) is 5.56 Å². The van der Waals surface area contributed by atoms with E-state index < -0.39 is 0 Å². The highest BCUT2D eigenvalue weighted by atomic mass is 79.9. The maximum atomic E-state index is 6.12. The van der Waals surface area contributed by atoms with Gasteiger partial charge >= 0.3 is 0 Å². The normalized spacial score (nSPS) is 10.6. The third kappa shape index (κ3) is 4.90. The van der Waals surface area contributed by atoms with E-state index in [1.807, 2.05) is 36.5 Å². The van der Waals surface area contributed by atoms with E-state index >= 15 is 0 Å². The highest BCUT2D eigenvalue weighted by Gasteiger charge is 2.10. The molecule has 3 rings (SSSR count). The number of benzene rings is 2. The van der Waals surface area contributed by atoms with Gasteiger partial charge in [-0.2, -0.15) is 5.10 Å². The third-order valence-corrected chi connectivity index (χ3v) is 5.25. The van der Waals surface area contributed by atoms with Crippen LogP contribution in [-0.4, -0.2) is 14.9 Å². The Morgan fingerprint density at radius 2 is 1.81 bits per heavy atom. The van der Waals surface area contributed by atoms with Crippen LogP contribution >= 0.6 is 63.0 Å². The lowest BCUT2D eigenvalue weighted by Gasteiger charge is -2.10. The van der Waals surface area contributed by atoms with Crippen LogP contribution in [0.15, 0.2) is 53.1 Å². The Bertz CT molecular complexity index is 961. The number of halogens is 4. The van der Waals surface area contributed by atoms with Crippen molar-refractivity contribution in [2.45, 2.75) is 6.54 Å². The van der Waals surface area contributed by atoms with Gasteiger partial charge in [-0.15, -0.1) is 0 Å². The zero-order chi connectivity index (χ0) is 18.7. The lowest BCUT2D eigenvalue weighted by molar-refractivity contribution is 0.689. The zero-order valence-electron chi connectivity index (χ0n) is 13.1. The minimum Gasteiger partial charge on any atom is -0.331 e. The largest absolute Gasteiger partial charge is 0.331 e. The molecule has 1 heterocycles. The van der Waals surface area contributed by atoms with E-state index in [-0.39, 0.29) is 0 Å². The second-order valence-electron chi connectivity index (χ2n) is 5.33. The number of para-hydroxylation sites is 1. The molecule has 0 bridgehead atoms. The van der Waals surface area contributed by atoms with Gasteiger partial charge in [0.05, 0.1) is 31.8 Å². The van der Waals surface area contributed by atoms with Gasteiger partial charge in [0.25, 0.3) is 0 Å². The van der Waals surface area contributed by atoms with E-state index in [4.69, 9.17) is 47.0 Å². The van der Waals surface area contributed by atoms with E-state index in [1.54, 1.807) is 16.8 Å². The summed E-state index contributed by atoms with van der Waals surface area (Å²) in [6.45, 7) is 0.544. The molecule has 0 aliphatic carbocycles. The Balaban J connectivity index is 1.68. The van der Waals surface area contributed by atoms with Crippen LogP contribution in [0.3, 0.4) is 0 Å². The predicted molar refractivity (Wildman–Crippen MR) is 117 cm³/mol. The molecule has 0 saturated carbocycles. The summed E-state index contributed by atoms with van der Waals surface area (Å²) in [5.74, 6) is 0.592. The van der Waals surface area contributed by atoms with Gasteiger partial charge in [0.1, 0.15) is 0 Å². The van der Waals surface area contributed by atoms with Crippen molar-refractivity contribution in [3.63, 3.8) is 0 Å². The maximum Gasteiger partial charge on any atom is 0.176 e. The minimum atomic E-state index is 0.388. The fraction of sp³-hybridized carbons (Fsp3) is 0.0588. The summed E-state index contributed by atoms with van der Waals surface area (Å²) in [7, 11) is 0. The van der Waals surface area contributed by atoms with Crippen molar-refractivity contribution in [2.75, 3.05) is 10.6 Å². The first-order chi connectivity index (χ1) is 12.4. The van der Waals surface area contributed by atoms with Crippen LogP contribution in [0.4, 0.5) is 11.5 Å². The Morgan fingerprint density at radius 3 is 2.54 bits per heavy atom. The van der Waals surface area contributed by atoms with Crippen molar-refractivity contribution in [1.29, 1.82) is 0 Å². The Morgan fingerprint density at radius 1 is 1.04 bits per heavy atom. The number of nitrogens with one attached hydrogen (secondary N) is 2. The summed E-state index contributed by atoms with van der Waals surface area (Å²) < 4.78 is 2.55. The average Bonchev–Trinajstić information content (AvgIpc) is 2.92. The number of anilines is 2. The molecule has 1 aromatic heterocycles. The number of rotatable bonds is 4. The lowest BCUT2D eigenvalue weighted by atomic mass is 10.2. The van der Waals surface area contributed by atoms with Crippen LogP contribution in [0.2, 0.25) is 15.1 Å². The van der Waals surface area contributed by atoms with E-state index in [2.05, 4.69) is 31.7 Å². The van der Waals surface area contributed by atoms with Gasteiger partial charge in [0.15, 0.2) is 10.9 Å². The molecule has 4 nitrogen and oxygen atoms in total. The summed E-state index contributed by atoms with van der Waals surface area (Å²) in [5.41, 5.74) is 1.70. The summed E-state index contributed by atoms with van der Waals surface area (Å²) in [6.07, 6.45) is 1.85. The predicted octanol–water partition coefficient (Wildman–Crippen LogP) is 6.46. The molecule has 26 heavy (non-hydrogen) atoms. The van der Waals surface area contributed by atoms with Gasteiger partial charge in [-0.25, -0.2) is 0 Å². The topological polar surface area (TPSA) is 41.9 Å². The molecular formula is C17H12BrCl3N4S. The molecule has 0 radical (unpaired) electrons. The molecule has 0 unspecified atom stereocenters. The Labute approximate surface area is 179 Å². The quantitative estimate of drug-likeness (QED) is 0.412. The van der Waals surface area contributed by atoms with Gasteiger partial charge in [-0.3, -0.25) is 4.68 Å². The maximum absolute atomic E-state index is 6.12. The van der Waals surface area contributed by atoms with E-state index in [0.29, 0.717) is 32.5 Å². The van der Waals surface area contributed by atoms with Crippen LogP contribution in [0.5, 0.6) is 0 Å². The van der Waals surface area contributed by atoms with Gasteiger partial charge in [-0.1, -0.05) is 53.0 Å². The number of hydrogen-bond acceptors (Lipinski definition) is 2. The molecule has 3 aromatic rings. The first-order valence-corrected chi connectivity index (χ1v) is 9.75. The minimum absolute atomic E-state index is 0.388. The summed E-state index contributed by atoms with van der Waals surface area (Å²) >= 11 is 26.9. The van der Waals surface area contributed by atoms with Crippen LogP contribution in [0.25, 0.3) is 0 Å². The Kier molecular flexibility index (Phi) is 6.42. The molecule has 0 atom stereocenters. The summed E-state index contributed by atoms with van der Waals surface area (Å²) in [5, 5.41) is 12.6. The van der Waals surface area contributed by atoms with Crippen molar-refractivity contribution >= 4 is 79.6 Å². The summed E-state index contributed by atoms with van der Waals surface area (Å²) in [4.78, 5) is 0. The fourth-order valence-corrected chi connectivity index (χ4v) is 3.34. The van der Waals surface area contributed by atoms with Crippen molar-refractivity contribution in [2.24, 2.45) is 0 Å². The molecule has 2 aromatic carbocycles. The SMILES string of the molecule is S=C(Nc1ccccc1Cl)Nc1nn(Cc2ccc(Cl)c(Cl)c2)cc1Br. The van der Waals surface area contributed by atoms with Gasteiger partial charge in [0, 0.05) is 6.20 Å². The van der Waals surface area contributed by atoms with E-state index in [1.165, 1.54) is 0 Å². The molecule has 2 N–H and O–H groups in total. The smallest absolute Gasteiger partial charge is 0.176 e. The highest BCUT2D eigenvalue weighted by molar-refractivity contribution is 9.10. The van der Waals surface area contributed by atoms with E-state index in [9.17, 15) is 0 Å². The van der Waals surface area contributed by atoms with Crippen LogP contribution in [0, 0.1) is 0 Å². The van der Waals surface area contributed by atoms with E-state index in [0.717, 1.165) is 15.7 Å². The first-order valence-electron chi connectivity index (χ1n) is 7.42. The standard InChI is InChI=1S/C17H12BrCl3N4S/c18-11-9-25(8-10-5-6-12(19)14(21)7-10)24-16(11)23-17(26)22-15-4-2-1-3-13(15)20/h1-7,9H,8H2,(H2,22,23,24,26). The average molecular weight is 491 g/mol. The molecule has 0 fully saturated rings. The Hall–Kier alpha value is -1.31. The molecule has 0 aliphatic heterocycles. The molecule has 0 spiro atoms. The molecule has 0 saturated heterocycles. The van der Waals surface area contributed by atoms with Gasteiger partial charge in [-0.05, 0) is 58.0 Å². The van der Waals surface area contributed by atoms with Gasteiger partial charge < -0.3 is 10.6 Å². The monoisotopic (exact) mass is 488 g/mol. The van der Waals surface area contributed by atoms with Crippen molar-refractivity contribution in [3.8, 4) is 0 Å². The second kappa shape index (κ2) is 8.59. The number of aromatic nitrogens is 2. The second-order valence-corrected chi connectivity index (χ2v) is 7.81. The summed E-state index contributed by atoms with van der Waals surface area (Å²) in [6, 6.07) is 12.8. The third-order valence-electron chi connectivity index (χ3n) is 3.40. The van der Waals surface area contributed by atoms with Crippen molar-refractivity contribution < 1.29 is 0 Å². The van der Waals surface area contributed by atoms with Crippen LogP contribution < -0.4 is 10.6 Å². The first kappa shape index (κ1) is 19.5. The fourth-order valence-electron chi connectivity index (χ4n) is 2.21. The highest BCUT2D eigenvalue weighted by Crippen LogP contribution is 2.25. The van der Waals surface area contributed by atoms with Crippen LogP contribution in [-0.2, 0) is 6.54 Å². The molecule has 9 heteroatoms. The van der Waals surface area contributed by atoms with Crippen molar-refractivity contribution in [3.05, 3.63) is 73.8 Å². The number of nitrogens with zero attached hydrogens (tertiary/aromatic N) is 2.